The van der Waals surface area contributed by atoms with E-state index in [0.29, 0.717) is 18.4 Å². The lowest BCUT2D eigenvalue weighted by Gasteiger charge is -2.33. The van der Waals surface area contributed by atoms with Gasteiger partial charge in [-0.2, -0.15) is 0 Å². The van der Waals surface area contributed by atoms with Gasteiger partial charge in [0.25, 0.3) is 0 Å². The van der Waals surface area contributed by atoms with Crippen molar-refractivity contribution in [3.8, 4) is 0 Å². The van der Waals surface area contributed by atoms with Gasteiger partial charge >= 0.3 is 5.97 Å². The molecule has 0 spiro atoms. The van der Waals surface area contributed by atoms with Crippen LogP contribution in [0.4, 0.5) is 0 Å². The summed E-state index contributed by atoms with van der Waals surface area (Å²) in [7, 11) is 0. The Hall–Kier alpha value is -1.31. The molecule has 2 fully saturated rings. The number of carbonyl (C=O) groups is 1. The molecule has 19 heavy (non-hydrogen) atoms. The molecule has 2 unspecified atom stereocenters. The zero-order chi connectivity index (χ0) is 13.1. The Morgan fingerprint density at radius 3 is 2.37 bits per heavy atom. The van der Waals surface area contributed by atoms with E-state index in [1.807, 2.05) is 6.07 Å². The number of rotatable bonds is 3. The van der Waals surface area contributed by atoms with Crippen LogP contribution < -0.4 is 0 Å². The Bertz CT molecular complexity index is 420. The summed E-state index contributed by atoms with van der Waals surface area (Å²) >= 11 is 0. The van der Waals surface area contributed by atoms with E-state index in [0.717, 1.165) is 6.42 Å². The molecule has 0 radical (unpaired) electrons. The quantitative estimate of drug-likeness (QED) is 0.768. The Balaban J connectivity index is 1.88. The maximum Gasteiger partial charge on any atom is 0.309 e. The van der Waals surface area contributed by atoms with Crippen LogP contribution in [-0.4, -0.2) is 12.6 Å². The van der Waals surface area contributed by atoms with Crippen molar-refractivity contribution >= 4 is 5.97 Å². The maximum atomic E-state index is 12.0. The second-order valence-electron chi connectivity index (χ2n) is 5.90. The van der Waals surface area contributed by atoms with E-state index in [-0.39, 0.29) is 11.9 Å². The molecule has 2 atom stereocenters. The Morgan fingerprint density at radius 2 is 1.74 bits per heavy atom. The lowest BCUT2D eigenvalue weighted by atomic mass is 9.70. The third-order valence-corrected chi connectivity index (χ3v) is 4.75. The van der Waals surface area contributed by atoms with E-state index >= 15 is 0 Å². The summed E-state index contributed by atoms with van der Waals surface area (Å²) in [6, 6.07) is 10.6. The van der Waals surface area contributed by atoms with Crippen LogP contribution in [-0.2, 0) is 9.53 Å². The fourth-order valence-corrected chi connectivity index (χ4v) is 3.84. The minimum absolute atomic E-state index is 0.0272. The molecule has 1 saturated heterocycles. The van der Waals surface area contributed by atoms with Gasteiger partial charge in [-0.25, -0.2) is 0 Å². The van der Waals surface area contributed by atoms with Gasteiger partial charge in [-0.15, -0.1) is 0 Å². The molecular formula is C17H22O2. The average Bonchev–Trinajstić information content (AvgIpc) is 2.88. The third kappa shape index (κ3) is 2.68. The third-order valence-electron chi connectivity index (χ3n) is 4.75. The normalized spacial score (nSPS) is 26.1. The molecule has 2 nitrogen and oxygen atoms in total. The molecule has 1 aromatic carbocycles. The highest BCUT2D eigenvalue weighted by molar-refractivity contribution is 5.75. The SMILES string of the molecule is O=C1OCCC1C(c1ccccc1)C1CCCCC1. The maximum absolute atomic E-state index is 12.0. The predicted molar refractivity (Wildman–Crippen MR) is 74.8 cm³/mol. The molecule has 2 heteroatoms. The number of hydrogen-bond donors (Lipinski definition) is 0. The van der Waals surface area contributed by atoms with Gasteiger partial charge in [0.05, 0.1) is 12.5 Å². The van der Waals surface area contributed by atoms with Crippen molar-refractivity contribution < 1.29 is 9.53 Å². The molecule has 0 bridgehead atoms. The van der Waals surface area contributed by atoms with Crippen LogP contribution in [0.1, 0.15) is 50.0 Å². The van der Waals surface area contributed by atoms with Gasteiger partial charge in [-0.3, -0.25) is 4.79 Å². The molecular weight excluding hydrogens is 236 g/mol. The molecule has 0 amide bonds. The van der Waals surface area contributed by atoms with Gasteiger partial charge in [0, 0.05) is 5.92 Å². The van der Waals surface area contributed by atoms with Crippen LogP contribution in [0, 0.1) is 11.8 Å². The minimum atomic E-state index is 0.0272. The van der Waals surface area contributed by atoms with Crippen LogP contribution in [0.5, 0.6) is 0 Å². The smallest absolute Gasteiger partial charge is 0.309 e. The van der Waals surface area contributed by atoms with E-state index in [9.17, 15) is 4.79 Å². The first kappa shape index (κ1) is 12.7. The van der Waals surface area contributed by atoms with Crippen molar-refractivity contribution in [2.24, 2.45) is 11.8 Å². The van der Waals surface area contributed by atoms with Crippen molar-refractivity contribution in [1.82, 2.24) is 0 Å². The van der Waals surface area contributed by atoms with Gasteiger partial charge in [0.2, 0.25) is 0 Å². The lowest BCUT2D eigenvalue weighted by molar-refractivity contribution is -0.142. The van der Waals surface area contributed by atoms with Crippen molar-refractivity contribution in [2.75, 3.05) is 6.61 Å². The van der Waals surface area contributed by atoms with Gasteiger partial charge in [-0.1, -0.05) is 49.6 Å². The number of hydrogen-bond acceptors (Lipinski definition) is 2. The van der Waals surface area contributed by atoms with Crippen molar-refractivity contribution in [1.29, 1.82) is 0 Å². The first-order valence-electron chi connectivity index (χ1n) is 7.58. The minimum Gasteiger partial charge on any atom is -0.465 e. The first-order valence-corrected chi connectivity index (χ1v) is 7.58. The Kier molecular flexibility index (Phi) is 3.86. The predicted octanol–water partition coefficient (Wildman–Crippen LogP) is 3.91. The highest BCUT2D eigenvalue weighted by Gasteiger charge is 2.39. The highest BCUT2D eigenvalue weighted by Crippen LogP contribution is 2.43. The summed E-state index contributed by atoms with van der Waals surface area (Å²) in [5.74, 6) is 1.15. The Morgan fingerprint density at radius 1 is 1.00 bits per heavy atom. The van der Waals surface area contributed by atoms with E-state index < -0.39 is 0 Å². The van der Waals surface area contributed by atoms with Crippen LogP contribution in [0.15, 0.2) is 30.3 Å². The molecule has 1 aliphatic carbocycles. The van der Waals surface area contributed by atoms with E-state index in [1.165, 1.54) is 37.7 Å². The zero-order valence-corrected chi connectivity index (χ0v) is 11.4. The number of cyclic esters (lactones) is 1. The largest absolute Gasteiger partial charge is 0.465 e. The second kappa shape index (κ2) is 5.77. The summed E-state index contributed by atoms with van der Waals surface area (Å²) in [5, 5.41) is 0. The highest BCUT2D eigenvalue weighted by atomic mass is 16.5. The van der Waals surface area contributed by atoms with E-state index in [4.69, 9.17) is 4.74 Å². The second-order valence-corrected chi connectivity index (χ2v) is 5.90. The molecule has 1 heterocycles. The van der Waals surface area contributed by atoms with Crippen LogP contribution in [0.25, 0.3) is 0 Å². The summed E-state index contributed by atoms with van der Waals surface area (Å²) < 4.78 is 5.22. The molecule has 1 aliphatic heterocycles. The van der Waals surface area contributed by atoms with Gasteiger partial charge < -0.3 is 4.74 Å². The lowest BCUT2D eigenvalue weighted by Crippen LogP contribution is -2.26. The molecule has 102 valence electrons. The number of ether oxygens (including phenoxy) is 1. The van der Waals surface area contributed by atoms with Gasteiger partial charge in [0.1, 0.15) is 0 Å². The van der Waals surface area contributed by atoms with Crippen LogP contribution in [0.2, 0.25) is 0 Å². The molecule has 1 saturated carbocycles. The van der Waals surface area contributed by atoms with E-state index in [2.05, 4.69) is 24.3 Å². The van der Waals surface area contributed by atoms with Crippen molar-refractivity contribution in [2.45, 2.75) is 44.4 Å². The fraction of sp³-hybridized carbons (Fsp3) is 0.588. The van der Waals surface area contributed by atoms with Crippen molar-refractivity contribution in [3.63, 3.8) is 0 Å². The molecule has 1 aromatic rings. The molecule has 0 N–H and O–H groups in total. The van der Waals surface area contributed by atoms with Gasteiger partial charge in [-0.05, 0) is 30.7 Å². The summed E-state index contributed by atoms with van der Waals surface area (Å²) in [5.41, 5.74) is 1.33. The monoisotopic (exact) mass is 258 g/mol. The number of esters is 1. The average molecular weight is 258 g/mol. The summed E-state index contributed by atoms with van der Waals surface area (Å²) in [6.45, 7) is 0.611. The molecule has 0 aromatic heterocycles. The Labute approximate surface area is 115 Å². The topological polar surface area (TPSA) is 26.3 Å². The van der Waals surface area contributed by atoms with Crippen LogP contribution in [0.3, 0.4) is 0 Å². The standard InChI is InChI=1S/C17H22O2/c18-17-15(11-12-19-17)16(13-7-3-1-4-8-13)14-9-5-2-6-10-14/h1,3-4,7-8,14-16H,2,5-6,9-12H2. The summed E-state index contributed by atoms with van der Waals surface area (Å²) in [4.78, 5) is 12.0. The van der Waals surface area contributed by atoms with E-state index in [1.54, 1.807) is 0 Å². The molecule has 2 aliphatic rings. The van der Waals surface area contributed by atoms with Crippen molar-refractivity contribution in [3.05, 3.63) is 35.9 Å². The first-order chi connectivity index (χ1) is 9.36. The number of carbonyl (C=O) groups excluding carboxylic acids is 1. The zero-order valence-electron chi connectivity index (χ0n) is 11.4. The fourth-order valence-electron chi connectivity index (χ4n) is 3.84. The number of benzene rings is 1. The summed E-state index contributed by atoms with van der Waals surface area (Å²) in [6.07, 6.45) is 7.42. The molecule has 3 rings (SSSR count). The van der Waals surface area contributed by atoms with Crippen LogP contribution >= 0.6 is 0 Å². The van der Waals surface area contributed by atoms with Gasteiger partial charge in [0.15, 0.2) is 0 Å².